The first-order valence-corrected chi connectivity index (χ1v) is 13.5. The van der Waals surface area contributed by atoms with Gasteiger partial charge >= 0.3 is 0 Å². The molecule has 0 spiro atoms. The maximum absolute atomic E-state index is 10.9. The zero-order chi connectivity index (χ0) is 27.1. The second kappa shape index (κ2) is 8.22. The molecule has 0 aliphatic heterocycles. The SMILES string of the molecule is Cc1cc2c(C3(c4cccc5c(C)c(O)c(C)cc45)c4ccccc4-c4ccccc43)cccc2c(C)c1O. The standard InChI is InChI=1S/C37H30O2/c1-21-19-29-25(23(3)35(21)38)13-9-17-33(29)37(31-15-7-5-11-27(31)28-12-6-8-16-32(28)37)34-18-10-14-26-24(4)36(39)22(2)20-30(26)34/h5-20,38-39H,1-4H3. The van der Waals surface area contributed by atoms with Crippen LogP contribution in [0.1, 0.15) is 44.5 Å². The van der Waals surface area contributed by atoms with Gasteiger partial charge in [0.15, 0.2) is 0 Å². The van der Waals surface area contributed by atoms with Crippen molar-refractivity contribution >= 4 is 21.5 Å². The highest BCUT2D eigenvalue weighted by molar-refractivity contribution is 6.01. The van der Waals surface area contributed by atoms with E-state index in [1.165, 1.54) is 33.4 Å². The van der Waals surface area contributed by atoms with Crippen molar-refractivity contribution in [1.82, 2.24) is 0 Å². The van der Waals surface area contributed by atoms with Crippen LogP contribution < -0.4 is 0 Å². The van der Waals surface area contributed by atoms with E-state index in [9.17, 15) is 10.2 Å². The van der Waals surface area contributed by atoms with Crippen LogP contribution in [0.5, 0.6) is 11.5 Å². The molecule has 0 saturated carbocycles. The Bertz CT molecular complexity index is 1830. The average Bonchev–Trinajstić information content (AvgIpc) is 3.25. The fourth-order valence-electron chi connectivity index (χ4n) is 7.13. The topological polar surface area (TPSA) is 40.5 Å². The van der Waals surface area contributed by atoms with Crippen molar-refractivity contribution in [2.75, 3.05) is 0 Å². The average molecular weight is 507 g/mol. The number of aryl methyl sites for hydroxylation is 4. The molecule has 39 heavy (non-hydrogen) atoms. The Morgan fingerprint density at radius 2 is 0.821 bits per heavy atom. The van der Waals surface area contributed by atoms with Crippen LogP contribution in [-0.2, 0) is 5.41 Å². The lowest BCUT2D eigenvalue weighted by Gasteiger charge is -2.36. The molecule has 0 heterocycles. The molecule has 0 unspecified atom stereocenters. The summed E-state index contributed by atoms with van der Waals surface area (Å²) in [7, 11) is 0. The number of benzene rings is 6. The molecule has 0 fully saturated rings. The van der Waals surface area contributed by atoms with Gasteiger partial charge in [-0.1, -0.05) is 84.9 Å². The maximum Gasteiger partial charge on any atom is 0.122 e. The molecular formula is C37H30O2. The second-order valence-corrected chi connectivity index (χ2v) is 11.0. The van der Waals surface area contributed by atoms with Crippen LogP contribution in [0.4, 0.5) is 0 Å². The van der Waals surface area contributed by atoms with Gasteiger partial charge < -0.3 is 10.2 Å². The molecule has 2 N–H and O–H groups in total. The van der Waals surface area contributed by atoms with Crippen LogP contribution in [0, 0.1) is 27.7 Å². The van der Waals surface area contributed by atoms with E-state index in [-0.39, 0.29) is 0 Å². The van der Waals surface area contributed by atoms with E-state index in [1.807, 2.05) is 27.7 Å². The van der Waals surface area contributed by atoms with E-state index in [2.05, 4.69) is 97.1 Å². The van der Waals surface area contributed by atoms with Gasteiger partial charge in [0.1, 0.15) is 11.5 Å². The summed E-state index contributed by atoms with van der Waals surface area (Å²) in [5, 5.41) is 26.1. The number of rotatable bonds is 2. The van der Waals surface area contributed by atoms with Crippen LogP contribution >= 0.6 is 0 Å². The number of hydrogen-bond acceptors (Lipinski definition) is 2. The molecule has 2 heteroatoms. The van der Waals surface area contributed by atoms with E-state index >= 15 is 0 Å². The number of aromatic hydroxyl groups is 2. The molecular weight excluding hydrogens is 476 g/mol. The van der Waals surface area contributed by atoms with E-state index in [0.717, 1.165) is 43.8 Å². The van der Waals surface area contributed by atoms with Gasteiger partial charge in [0.2, 0.25) is 0 Å². The Kier molecular flexibility index (Phi) is 4.96. The molecule has 0 radical (unpaired) electrons. The van der Waals surface area contributed by atoms with E-state index < -0.39 is 5.41 Å². The molecule has 6 aromatic carbocycles. The molecule has 0 saturated heterocycles. The summed E-state index contributed by atoms with van der Waals surface area (Å²) >= 11 is 0. The third-order valence-electron chi connectivity index (χ3n) is 8.96. The van der Waals surface area contributed by atoms with Gasteiger partial charge in [0.05, 0.1) is 5.41 Å². The summed E-state index contributed by atoms with van der Waals surface area (Å²) in [6, 6.07) is 34.8. The van der Waals surface area contributed by atoms with Crippen molar-refractivity contribution < 1.29 is 10.2 Å². The van der Waals surface area contributed by atoms with Crippen molar-refractivity contribution in [3.8, 4) is 22.6 Å². The van der Waals surface area contributed by atoms with Crippen LogP contribution in [0.2, 0.25) is 0 Å². The Labute approximate surface area is 228 Å². The van der Waals surface area contributed by atoms with Gasteiger partial charge in [0, 0.05) is 0 Å². The number of fused-ring (bicyclic) bond motifs is 5. The quantitative estimate of drug-likeness (QED) is 0.246. The fourth-order valence-corrected chi connectivity index (χ4v) is 7.13. The Morgan fingerprint density at radius 3 is 1.26 bits per heavy atom. The van der Waals surface area contributed by atoms with Gasteiger partial charge in [-0.25, -0.2) is 0 Å². The first-order chi connectivity index (χ1) is 18.9. The van der Waals surface area contributed by atoms with Crippen molar-refractivity contribution in [2.24, 2.45) is 0 Å². The predicted molar refractivity (Wildman–Crippen MR) is 161 cm³/mol. The van der Waals surface area contributed by atoms with Crippen LogP contribution in [0.15, 0.2) is 97.1 Å². The summed E-state index contributed by atoms with van der Waals surface area (Å²) in [5.74, 6) is 0.709. The molecule has 6 aromatic rings. The Balaban J connectivity index is 1.77. The minimum atomic E-state index is -0.599. The third-order valence-corrected chi connectivity index (χ3v) is 8.96. The normalized spacial score (nSPS) is 13.5. The summed E-state index contributed by atoms with van der Waals surface area (Å²) in [5.41, 5.74) is 10.3. The van der Waals surface area contributed by atoms with Crippen LogP contribution in [-0.4, -0.2) is 10.2 Å². The maximum atomic E-state index is 10.9. The lowest BCUT2D eigenvalue weighted by atomic mass is 9.65. The molecule has 0 bridgehead atoms. The summed E-state index contributed by atoms with van der Waals surface area (Å²) in [6.07, 6.45) is 0. The Hall–Kier alpha value is -4.56. The highest BCUT2D eigenvalue weighted by Crippen LogP contribution is 2.58. The fraction of sp³-hybridized carbons (Fsp3) is 0.135. The third kappa shape index (κ3) is 2.97. The second-order valence-electron chi connectivity index (χ2n) is 11.0. The van der Waals surface area contributed by atoms with Crippen molar-refractivity contribution in [1.29, 1.82) is 0 Å². The summed E-state index contributed by atoms with van der Waals surface area (Å²) < 4.78 is 0. The first-order valence-electron chi connectivity index (χ1n) is 13.5. The van der Waals surface area contributed by atoms with Crippen molar-refractivity contribution in [3.63, 3.8) is 0 Å². The van der Waals surface area contributed by atoms with E-state index in [1.54, 1.807) is 0 Å². The predicted octanol–water partition coefficient (Wildman–Crippen LogP) is 9.00. The lowest BCUT2D eigenvalue weighted by Crippen LogP contribution is -2.29. The Morgan fingerprint density at radius 1 is 0.436 bits per heavy atom. The summed E-state index contributed by atoms with van der Waals surface area (Å²) in [6.45, 7) is 7.97. The monoisotopic (exact) mass is 506 g/mol. The molecule has 0 aromatic heterocycles. The lowest BCUT2D eigenvalue weighted by molar-refractivity contribution is 0.467. The van der Waals surface area contributed by atoms with E-state index in [4.69, 9.17) is 0 Å². The minimum Gasteiger partial charge on any atom is -0.507 e. The molecule has 7 rings (SSSR count). The van der Waals surface area contributed by atoms with Crippen LogP contribution in [0.25, 0.3) is 32.7 Å². The zero-order valence-corrected chi connectivity index (χ0v) is 22.6. The van der Waals surface area contributed by atoms with Gasteiger partial charge in [-0.3, -0.25) is 0 Å². The largest absolute Gasteiger partial charge is 0.507 e. The molecule has 0 amide bonds. The highest BCUT2D eigenvalue weighted by atomic mass is 16.3. The number of hydrogen-bond donors (Lipinski definition) is 2. The minimum absolute atomic E-state index is 0.354. The molecule has 2 nitrogen and oxygen atoms in total. The molecule has 0 atom stereocenters. The number of phenols is 2. The van der Waals surface area contributed by atoms with Crippen molar-refractivity contribution in [2.45, 2.75) is 33.1 Å². The van der Waals surface area contributed by atoms with Crippen molar-refractivity contribution in [3.05, 3.63) is 142 Å². The molecule has 1 aliphatic rings. The zero-order valence-electron chi connectivity index (χ0n) is 22.6. The van der Waals surface area contributed by atoms with Gasteiger partial charge in [-0.15, -0.1) is 0 Å². The van der Waals surface area contributed by atoms with E-state index in [0.29, 0.717) is 11.5 Å². The van der Waals surface area contributed by atoms with Crippen LogP contribution in [0.3, 0.4) is 0 Å². The molecule has 190 valence electrons. The first kappa shape index (κ1) is 23.5. The number of phenolic OH excluding ortho intramolecular Hbond substituents is 2. The summed E-state index contributed by atoms with van der Waals surface area (Å²) in [4.78, 5) is 0. The smallest absolute Gasteiger partial charge is 0.122 e. The highest BCUT2D eigenvalue weighted by Gasteiger charge is 2.47. The van der Waals surface area contributed by atoms with Gasteiger partial charge in [0.25, 0.3) is 0 Å². The molecule has 1 aliphatic carbocycles. The van der Waals surface area contributed by atoms with Gasteiger partial charge in [-0.2, -0.15) is 0 Å². The van der Waals surface area contributed by atoms with Gasteiger partial charge in [-0.05, 0) is 117 Å².